The van der Waals surface area contributed by atoms with Gasteiger partial charge in [0.2, 0.25) is 0 Å². The molecule has 2 heterocycles. The van der Waals surface area contributed by atoms with E-state index in [1.54, 1.807) is 0 Å². The minimum Gasteiger partial charge on any atom is -0.363 e. The Hall–Kier alpha value is -1.16. The molecule has 0 spiro atoms. The predicted octanol–water partition coefficient (Wildman–Crippen LogP) is 2.50. The highest BCUT2D eigenvalue weighted by Gasteiger charge is 2.25. The van der Waals surface area contributed by atoms with Gasteiger partial charge in [0.1, 0.15) is 0 Å². The van der Waals surface area contributed by atoms with E-state index < -0.39 is 0 Å². The fraction of sp³-hybridized carbons (Fsp3) is 0.538. The summed E-state index contributed by atoms with van der Waals surface area (Å²) in [7, 11) is 0. The Kier molecular flexibility index (Phi) is 4.31. The molecule has 1 unspecified atom stereocenters. The summed E-state index contributed by atoms with van der Waals surface area (Å²) in [4.78, 5) is 6.51. The van der Waals surface area contributed by atoms with Crippen molar-refractivity contribution in [1.29, 1.82) is 0 Å². The smallest absolute Gasteiger partial charge is 0.169 e. The van der Waals surface area contributed by atoms with Gasteiger partial charge in [0.15, 0.2) is 5.11 Å². The highest BCUT2D eigenvalue weighted by atomic mass is 32.1. The van der Waals surface area contributed by atoms with Crippen molar-refractivity contribution in [2.45, 2.75) is 32.2 Å². The molecule has 0 amide bonds. The highest BCUT2D eigenvalue weighted by Crippen LogP contribution is 2.30. The van der Waals surface area contributed by atoms with Gasteiger partial charge in [-0.3, -0.25) is 4.98 Å². The molecular weight excluding hydrogens is 230 g/mol. The fourth-order valence-electron chi connectivity index (χ4n) is 2.35. The van der Waals surface area contributed by atoms with Crippen molar-refractivity contribution in [2.24, 2.45) is 0 Å². The highest BCUT2D eigenvalue weighted by molar-refractivity contribution is 7.80. The number of pyridine rings is 1. The summed E-state index contributed by atoms with van der Waals surface area (Å²) in [6.07, 6.45) is 7.43. The van der Waals surface area contributed by atoms with Gasteiger partial charge in [0.25, 0.3) is 0 Å². The third-order valence-corrected chi connectivity index (χ3v) is 3.54. The number of aromatic nitrogens is 1. The number of piperidine rings is 1. The molecule has 2 rings (SSSR count). The Bertz CT molecular complexity index is 366. The number of hydrogen-bond donors (Lipinski definition) is 1. The molecule has 1 aliphatic heterocycles. The van der Waals surface area contributed by atoms with Crippen LogP contribution in [0.4, 0.5) is 0 Å². The van der Waals surface area contributed by atoms with Crippen LogP contribution in [0.2, 0.25) is 0 Å². The molecule has 1 saturated heterocycles. The molecule has 1 aromatic rings. The van der Waals surface area contributed by atoms with Crippen LogP contribution in [0.1, 0.15) is 37.8 Å². The second kappa shape index (κ2) is 5.96. The van der Waals surface area contributed by atoms with Gasteiger partial charge < -0.3 is 10.2 Å². The van der Waals surface area contributed by atoms with E-state index in [0.717, 1.165) is 24.6 Å². The zero-order valence-electron chi connectivity index (χ0n) is 10.2. The van der Waals surface area contributed by atoms with Crippen LogP contribution in [0.15, 0.2) is 24.5 Å². The maximum Gasteiger partial charge on any atom is 0.169 e. The van der Waals surface area contributed by atoms with Crippen molar-refractivity contribution in [3.8, 4) is 0 Å². The summed E-state index contributed by atoms with van der Waals surface area (Å²) >= 11 is 5.44. The molecule has 0 radical (unpaired) electrons. The zero-order chi connectivity index (χ0) is 12.1. The average molecular weight is 249 g/mol. The first-order valence-electron chi connectivity index (χ1n) is 6.27. The second-order valence-corrected chi connectivity index (χ2v) is 4.71. The molecule has 1 atom stereocenters. The van der Waals surface area contributed by atoms with Gasteiger partial charge in [-0.15, -0.1) is 0 Å². The third kappa shape index (κ3) is 2.94. The number of thiocarbonyl (C=S) groups is 1. The Morgan fingerprint density at radius 1 is 1.59 bits per heavy atom. The SMILES string of the molecule is CCNC(=S)N1CCCCC1c1cccnc1. The van der Waals surface area contributed by atoms with Crippen LogP contribution >= 0.6 is 12.2 Å². The van der Waals surface area contributed by atoms with Crippen molar-refractivity contribution in [2.75, 3.05) is 13.1 Å². The first kappa shape index (κ1) is 12.3. The normalized spacial score (nSPS) is 20.1. The Balaban J connectivity index is 2.15. The van der Waals surface area contributed by atoms with Gasteiger partial charge in [-0.05, 0) is 50.0 Å². The van der Waals surface area contributed by atoms with Crippen LogP contribution in [-0.2, 0) is 0 Å². The van der Waals surface area contributed by atoms with Crippen LogP contribution in [-0.4, -0.2) is 28.1 Å². The molecule has 1 aromatic heterocycles. The molecule has 0 saturated carbocycles. The molecule has 4 heteroatoms. The van der Waals surface area contributed by atoms with Gasteiger partial charge >= 0.3 is 0 Å². The Morgan fingerprint density at radius 3 is 3.18 bits per heavy atom. The molecular formula is C13H19N3S. The van der Waals surface area contributed by atoms with Gasteiger partial charge in [0.05, 0.1) is 6.04 Å². The zero-order valence-corrected chi connectivity index (χ0v) is 11.0. The number of hydrogen-bond acceptors (Lipinski definition) is 2. The van der Waals surface area contributed by atoms with Gasteiger partial charge in [0, 0.05) is 25.5 Å². The van der Waals surface area contributed by atoms with E-state index in [0.29, 0.717) is 6.04 Å². The maximum absolute atomic E-state index is 5.44. The van der Waals surface area contributed by atoms with Crippen molar-refractivity contribution in [1.82, 2.24) is 15.2 Å². The first-order valence-corrected chi connectivity index (χ1v) is 6.68. The minimum absolute atomic E-state index is 0.393. The summed E-state index contributed by atoms with van der Waals surface area (Å²) in [6.45, 7) is 4.01. The quantitative estimate of drug-likeness (QED) is 0.815. The largest absolute Gasteiger partial charge is 0.363 e. The monoisotopic (exact) mass is 249 g/mol. The van der Waals surface area contributed by atoms with E-state index in [1.807, 2.05) is 18.5 Å². The molecule has 0 aromatic carbocycles. The summed E-state index contributed by atoms with van der Waals surface area (Å²) < 4.78 is 0. The van der Waals surface area contributed by atoms with Crippen LogP contribution in [0.5, 0.6) is 0 Å². The molecule has 0 bridgehead atoms. The van der Waals surface area contributed by atoms with Crippen molar-refractivity contribution in [3.63, 3.8) is 0 Å². The van der Waals surface area contributed by atoms with Gasteiger partial charge in [-0.1, -0.05) is 6.07 Å². The molecule has 1 N–H and O–H groups in total. The van der Waals surface area contributed by atoms with E-state index in [2.05, 4.69) is 28.2 Å². The van der Waals surface area contributed by atoms with E-state index in [4.69, 9.17) is 12.2 Å². The van der Waals surface area contributed by atoms with Crippen LogP contribution < -0.4 is 5.32 Å². The third-order valence-electron chi connectivity index (χ3n) is 3.16. The van der Waals surface area contributed by atoms with E-state index in [1.165, 1.54) is 18.4 Å². The summed E-state index contributed by atoms with van der Waals surface area (Å²) in [6, 6.07) is 4.53. The lowest BCUT2D eigenvalue weighted by Crippen LogP contribution is -2.44. The van der Waals surface area contributed by atoms with Crippen molar-refractivity contribution in [3.05, 3.63) is 30.1 Å². The predicted molar refractivity (Wildman–Crippen MR) is 73.8 cm³/mol. The van der Waals surface area contributed by atoms with Gasteiger partial charge in [-0.2, -0.15) is 0 Å². The van der Waals surface area contributed by atoms with Crippen molar-refractivity contribution >= 4 is 17.3 Å². The molecule has 92 valence electrons. The summed E-state index contributed by atoms with van der Waals surface area (Å²) in [5.41, 5.74) is 1.27. The Labute approximate surface area is 108 Å². The first-order chi connectivity index (χ1) is 8.33. The Morgan fingerprint density at radius 2 is 2.47 bits per heavy atom. The average Bonchev–Trinajstić information content (AvgIpc) is 2.40. The van der Waals surface area contributed by atoms with Crippen LogP contribution in [0, 0.1) is 0 Å². The molecule has 0 aliphatic carbocycles. The number of rotatable bonds is 2. The number of nitrogens with one attached hydrogen (secondary N) is 1. The lowest BCUT2D eigenvalue weighted by Gasteiger charge is -2.37. The summed E-state index contributed by atoms with van der Waals surface area (Å²) in [5.74, 6) is 0. The molecule has 17 heavy (non-hydrogen) atoms. The van der Waals surface area contributed by atoms with E-state index >= 15 is 0 Å². The summed E-state index contributed by atoms with van der Waals surface area (Å²) in [5, 5.41) is 4.13. The standard InChI is InChI=1S/C13H19N3S/c1-2-15-13(17)16-9-4-3-7-12(16)11-6-5-8-14-10-11/h5-6,8,10,12H,2-4,7,9H2,1H3,(H,15,17). The fourth-order valence-corrected chi connectivity index (χ4v) is 2.71. The minimum atomic E-state index is 0.393. The van der Waals surface area contributed by atoms with Crippen LogP contribution in [0.25, 0.3) is 0 Å². The van der Waals surface area contributed by atoms with Gasteiger partial charge in [-0.25, -0.2) is 0 Å². The molecule has 1 fully saturated rings. The lowest BCUT2D eigenvalue weighted by atomic mass is 9.97. The van der Waals surface area contributed by atoms with Crippen LogP contribution in [0.3, 0.4) is 0 Å². The number of likely N-dealkylation sites (tertiary alicyclic amines) is 1. The second-order valence-electron chi connectivity index (χ2n) is 4.33. The van der Waals surface area contributed by atoms with Crippen molar-refractivity contribution < 1.29 is 0 Å². The molecule has 1 aliphatic rings. The lowest BCUT2D eigenvalue weighted by molar-refractivity contribution is 0.242. The van der Waals surface area contributed by atoms with E-state index in [9.17, 15) is 0 Å². The number of nitrogens with zero attached hydrogens (tertiary/aromatic N) is 2. The topological polar surface area (TPSA) is 28.2 Å². The van der Waals surface area contributed by atoms with E-state index in [-0.39, 0.29) is 0 Å². The maximum atomic E-state index is 5.44. The molecule has 3 nitrogen and oxygen atoms in total.